The number of fused-ring (bicyclic) bond motifs is 5. The lowest BCUT2D eigenvalue weighted by Gasteiger charge is -2.47. The van der Waals surface area contributed by atoms with Crippen molar-refractivity contribution in [2.24, 2.45) is 0 Å². The van der Waals surface area contributed by atoms with E-state index in [1.807, 2.05) is 0 Å². The number of methoxy groups -OCH3 is 1. The van der Waals surface area contributed by atoms with E-state index in [1.54, 1.807) is 0 Å². The number of esters is 1. The van der Waals surface area contributed by atoms with Crippen molar-refractivity contribution in [1.82, 2.24) is 4.57 Å². The van der Waals surface area contributed by atoms with Crippen LogP contribution in [-0.4, -0.2) is 35.7 Å². The molecule has 0 N–H and O–H groups in total. The lowest BCUT2D eigenvalue weighted by Crippen LogP contribution is -2.68. The summed E-state index contributed by atoms with van der Waals surface area (Å²) in [5.74, 6) is -14.3. The predicted molar refractivity (Wildman–Crippen MR) is 98.6 cm³/mol. The molecule has 32 heavy (non-hydrogen) atoms. The van der Waals surface area contributed by atoms with Gasteiger partial charge in [0.15, 0.2) is 0 Å². The minimum Gasteiger partial charge on any atom is -0.469 e. The molecule has 1 aliphatic rings. The minimum absolute atomic E-state index is 0.116. The van der Waals surface area contributed by atoms with Crippen LogP contribution in [0.15, 0.2) is 54.6 Å². The van der Waals surface area contributed by atoms with E-state index in [2.05, 4.69) is 4.74 Å². The Morgan fingerprint density at radius 1 is 1.00 bits per heavy atom. The van der Waals surface area contributed by atoms with Gasteiger partial charge in [-0.3, -0.25) is 9.36 Å². The number of carbonyl (C=O) groups is 1. The Morgan fingerprint density at radius 3 is 2.28 bits per heavy atom. The number of ether oxygens (including phenoxy) is 2. The van der Waals surface area contributed by atoms with Gasteiger partial charge in [0, 0.05) is 10.9 Å². The summed E-state index contributed by atoms with van der Waals surface area (Å²) in [7, 11) is 0.793. The fraction of sp³-hybridized carbons (Fsp3) is 0.286. The van der Waals surface area contributed by atoms with E-state index in [1.165, 1.54) is 48.5 Å². The van der Waals surface area contributed by atoms with Crippen molar-refractivity contribution in [3.8, 4) is 17.0 Å². The maximum atomic E-state index is 15.5. The van der Waals surface area contributed by atoms with Gasteiger partial charge in [-0.2, -0.15) is 30.7 Å². The second-order valence-electron chi connectivity index (χ2n) is 7.21. The molecule has 4 nitrogen and oxygen atoms in total. The Balaban J connectivity index is 2.14. The van der Waals surface area contributed by atoms with Crippen LogP contribution < -0.4 is 4.74 Å². The fourth-order valence-electron chi connectivity index (χ4n) is 3.86. The summed E-state index contributed by atoms with van der Waals surface area (Å²) in [6.07, 6.45) is -8.26. The zero-order valence-electron chi connectivity index (χ0n) is 16.2. The number of hydrogen-bond donors (Lipinski definition) is 0. The third-order valence-electron chi connectivity index (χ3n) is 5.37. The Morgan fingerprint density at radius 2 is 1.62 bits per heavy atom. The molecule has 3 aromatic rings. The van der Waals surface area contributed by atoms with Gasteiger partial charge in [0.1, 0.15) is 12.2 Å². The first-order chi connectivity index (χ1) is 14.9. The van der Waals surface area contributed by atoms with Crippen LogP contribution >= 0.6 is 0 Å². The molecule has 0 saturated carbocycles. The summed E-state index contributed by atoms with van der Waals surface area (Å²) in [6, 6.07) is 12.4. The van der Waals surface area contributed by atoms with E-state index < -0.39 is 36.1 Å². The Bertz CT molecular complexity index is 1200. The van der Waals surface area contributed by atoms with E-state index in [0.717, 1.165) is 13.2 Å². The van der Waals surface area contributed by atoms with Crippen molar-refractivity contribution >= 4 is 16.9 Å². The topological polar surface area (TPSA) is 40.5 Å². The van der Waals surface area contributed by atoms with Crippen molar-refractivity contribution < 1.29 is 45.0 Å². The van der Waals surface area contributed by atoms with Crippen LogP contribution in [0, 0.1) is 0 Å². The molecule has 4 rings (SSSR count). The summed E-state index contributed by atoms with van der Waals surface area (Å²) in [6.45, 7) is 0. The van der Waals surface area contributed by atoms with Gasteiger partial charge in [-0.05, 0) is 24.3 Å². The predicted octanol–water partition coefficient (Wildman–Crippen LogP) is 5.75. The smallest absolute Gasteiger partial charge is 0.460 e. The summed E-state index contributed by atoms with van der Waals surface area (Å²) < 4.78 is 109. The molecule has 11 heteroatoms. The van der Waals surface area contributed by atoms with Gasteiger partial charge < -0.3 is 9.47 Å². The van der Waals surface area contributed by atoms with E-state index >= 15 is 8.78 Å². The van der Waals surface area contributed by atoms with E-state index in [-0.39, 0.29) is 27.9 Å². The van der Waals surface area contributed by atoms with Crippen molar-refractivity contribution in [3.63, 3.8) is 0 Å². The highest BCUT2D eigenvalue weighted by atomic mass is 19.4. The summed E-state index contributed by atoms with van der Waals surface area (Å²) in [4.78, 5) is 12.1. The van der Waals surface area contributed by atoms with Crippen LogP contribution in [-0.2, 0) is 15.3 Å². The monoisotopic (exact) mass is 461 g/mol. The maximum Gasteiger partial charge on any atom is 0.460 e. The van der Waals surface area contributed by atoms with Crippen molar-refractivity contribution in [1.29, 1.82) is 0 Å². The zero-order chi connectivity index (χ0) is 23.5. The third-order valence-corrected chi connectivity index (χ3v) is 5.37. The van der Waals surface area contributed by atoms with Crippen molar-refractivity contribution in [3.05, 3.63) is 54.6 Å². The standard InChI is InChI=1S/C21H14F7NO3/c1-31-17(30)11-18(19(22,23)20(24,25)21(26,27)28)29-14-8-4-2-6-12(14)10-15(29)13-7-3-5-9-16(13)32-18/h2-10H,11H2,1H3/t18-/m1/s1. The van der Waals surface area contributed by atoms with Crippen molar-refractivity contribution in [2.75, 3.05) is 7.11 Å². The van der Waals surface area contributed by atoms with Gasteiger partial charge in [-0.25, -0.2) is 0 Å². The van der Waals surface area contributed by atoms with Gasteiger partial charge in [-0.15, -0.1) is 0 Å². The molecule has 2 heterocycles. The molecule has 1 aromatic heterocycles. The van der Waals surface area contributed by atoms with Gasteiger partial charge >= 0.3 is 24.0 Å². The second kappa shape index (κ2) is 6.88. The lowest BCUT2D eigenvalue weighted by atomic mass is 9.91. The van der Waals surface area contributed by atoms with Gasteiger partial charge in [0.25, 0.3) is 5.72 Å². The molecule has 2 aromatic carbocycles. The van der Waals surface area contributed by atoms with Gasteiger partial charge in [-0.1, -0.05) is 30.3 Å². The summed E-state index contributed by atoms with van der Waals surface area (Å²) in [5, 5.41) is 0.267. The highest BCUT2D eigenvalue weighted by Crippen LogP contribution is 2.59. The summed E-state index contributed by atoms with van der Waals surface area (Å²) >= 11 is 0. The molecule has 0 radical (unpaired) electrons. The van der Waals surface area contributed by atoms with E-state index in [9.17, 15) is 26.7 Å². The van der Waals surface area contributed by atoms with Gasteiger partial charge in [0.05, 0.1) is 18.3 Å². The molecule has 0 fully saturated rings. The Labute approximate surface area is 176 Å². The molecule has 0 bridgehead atoms. The summed E-state index contributed by atoms with van der Waals surface area (Å²) in [5.41, 5.74) is -3.85. The zero-order valence-corrected chi connectivity index (χ0v) is 16.2. The molecular weight excluding hydrogens is 447 g/mol. The normalized spacial score (nSPS) is 18.6. The molecule has 0 saturated heterocycles. The number of halogens is 7. The molecule has 170 valence electrons. The first-order valence-electron chi connectivity index (χ1n) is 9.16. The van der Waals surface area contributed by atoms with Crippen LogP contribution in [0.25, 0.3) is 22.2 Å². The number of benzene rings is 2. The van der Waals surface area contributed by atoms with Crippen LogP contribution in [0.1, 0.15) is 6.42 Å². The first-order valence-corrected chi connectivity index (χ1v) is 9.16. The largest absolute Gasteiger partial charge is 0.469 e. The minimum atomic E-state index is -6.64. The van der Waals surface area contributed by atoms with Gasteiger partial charge in [0.2, 0.25) is 0 Å². The van der Waals surface area contributed by atoms with Crippen LogP contribution in [0.3, 0.4) is 0 Å². The Hall–Kier alpha value is -3.24. The number of alkyl halides is 7. The number of aromatic nitrogens is 1. The number of rotatable bonds is 4. The molecule has 0 unspecified atom stereocenters. The van der Waals surface area contributed by atoms with Crippen molar-refractivity contribution in [2.45, 2.75) is 30.2 Å². The maximum absolute atomic E-state index is 15.5. The molecule has 0 amide bonds. The molecule has 1 aliphatic heterocycles. The molecule has 0 aliphatic carbocycles. The quantitative estimate of drug-likeness (QED) is 0.367. The third kappa shape index (κ3) is 2.79. The van der Waals surface area contributed by atoms with Crippen LogP contribution in [0.4, 0.5) is 30.7 Å². The average molecular weight is 461 g/mol. The number of carbonyl (C=O) groups excluding carboxylic acids is 1. The molecule has 1 atom stereocenters. The van der Waals surface area contributed by atoms with E-state index in [4.69, 9.17) is 4.74 Å². The van der Waals surface area contributed by atoms with Crippen LogP contribution in [0.2, 0.25) is 0 Å². The second-order valence-corrected chi connectivity index (χ2v) is 7.21. The van der Waals surface area contributed by atoms with Crippen LogP contribution in [0.5, 0.6) is 5.75 Å². The molecular formula is C21H14F7NO3. The highest BCUT2D eigenvalue weighted by molar-refractivity contribution is 5.90. The highest BCUT2D eigenvalue weighted by Gasteiger charge is 2.82. The Kier molecular flexibility index (Phi) is 4.72. The number of hydrogen-bond acceptors (Lipinski definition) is 3. The fourth-order valence-corrected chi connectivity index (χ4v) is 3.86. The lowest BCUT2D eigenvalue weighted by molar-refractivity contribution is -0.397. The average Bonchev–Trinajstić information content (AvgIpc) is 3.13. The van der Waals surface area contributed by atoms with E-state index in [0.29, 0.717) is 4.57 Å². The number of para-hydroxylation sites is 2. The first kappa shape index (κ1) is 22.0. The number of nitrogens with zero attached hydrogens (tertiary/aromatic N) is 1. The molecule has 0 spiro atoms. The SMILES string of the molecule is COC(=O)C[C@]1(C(F)(F)C(F)(F)C(F)(F)F)Oc2ccccc2-c2cc3ccccc3n21.